The number of rotatable bonds is 5. The van der Waals surface area contributed by atoms with Gasteiger partial charge in [0.05, 0.1) is 18.4 Å². The highest BCUT2D eigenvalue weighted by atomic mass is 16.5. The number of benzene rings is 2. The number of carbonyl (C=O) groups is 2. The van der Waals surface area contributed by atoms with E-state index in [0.717, 1.165) is 11.1 Å². The molecule has 1 aliphatic carbocycles. The normalized spacial score (nSPS) is 24.8. The highest BCUT2D eigenvalue weighted by Crippen LogP contribution is 2.45. The quantitative estimate of drug-likeness (QED) is 0.654. The molecule has 4 heteroatoms. The summed E-state index contributed by atoms with van der Waals surface area (Å²) in [6.07, 6.45) is 3.87. The van der Waals surface area contributed by atoms with Crippen LogP contribution in [0.4, 0.5) is 0 Å². The minimum absolute atomic E-state index is 0.225. The van der Waals surface area contributed by atoms with Crippen LogP contribution < -0.4 is 0 Å². The van der Waals surface area contributed by atoms with Gasteiger partial charge >= 0.3 is 11.9 Å². The summed E-state index contributed by atoms with van der Waals surface area (Å²) >= 11 is 0. The number of hydrogen-bond acceptors (Lipinski definition) is 3. The second-order valence-corrected chi connectivity index (χ2v) is 6.40. The summed E-state index contributed by atoms with van der Waals surface area (Å²) in [6, 6.07) is 19.0. The Hall–Kier alpha value is -2.88. The van der Waals surface area contributed by atoms with Gasteiger partial charge in [0.15, 0.2) is 0 Å². The Balaban J connectivity index is 2.09. The van der Waals surface area contributed by atoms with Crippen LogP contribution in [0.5, 0.6) is 0 Å². The van der Waals surface area contributed by atoms with E-state index in [1.54, 1.807) is 6.92 Å². The van der Waals surface area contributed by atoms with Crippen molar-refractivity contribution in [2.45, 2.75) is 18.8 Å². The minimum Gasteiger partial charge on any atom is -0.481 e. The molecule has 0 heterocycles. The molecule has 2 aromatic rings. The molecule has 0 radical (unpaired) electrons. The number of carbonyl (C=O) groups excluding carboxylic acids is 1. The van der Waals surface area contributed by atoms with Crippen molar-refractivity contribution in [1.82, 2.24) is 0 Å². The lowest BCUT2D eigenvalue weighted by molar-refractivity contribution is -0.159. The highest BCUT2D eigenvalue weighted by Gasteiger charge is 2.46. The maximum atomic E-state index is 12.8. The fraction of sp³-hybridized carbons (Fsp3) is 0.273. The van der Waals surface area contributed by atoms with Crippen LogP contribution in [0.2, 0.25) is 0 Å². The van der Waals surface area contributed by atoms with Gasteiger partial charge in [-0.3, -0.25) is 9.59 Å². The Bertz CT molecular complexity index is 782. The van der Waals surface area contributed by atoms with Gasteiger partial charge in [0.25, 0.3) is 0 Å². The first-order chi connectivity index (χ1) is 12.6. The van der Waals surface area contributed by atoms with E-state index in [4.69, 9.17) is 4.74 Å². The summed E-state index contributed by atoms with van der Waals surface area (Å²) in [5.74, 6) is -3.79. The van der Waals surface area contributed by atoms with Crippen molar-refractivity contribution < 1.29 is 19.4 Å². The Morgan fingerprint density at radius 1 is 0.846 bits per heavy atom. The topological polar surface area (TPSA) is 63.6 Å². The molecular weight excluding hydrogens is 328 g/mol. The van der Waals surface area contributed by atoms with Gasteiger partial charge in [0.1, 0.15) is 0 Å². The predicted molar refractivity (Wildman–Crippen MR) is 98.8 cm³/mol. The third-order valence-electron chi connectivity index (χ3n) is 4.90. The standard InChI is InChI=1S/C22H22O4/c1-2-26-22(25)20-18(16-11-7-4-8-12-16)14-13-17(19(20)21(23)24)15-9-5-3-6-10-15/h3-14,17-20H,2H2,1H3,(H,23,24). The van der Waals surface area contributed by atoms with Crippen LogP contribution in [0.1, 0.15) is 29.9 Å². The number of ether oxygens (including phenoxy) is 1. The van der Waals surface area contributed by atoms with Crippen LogP contribution in [-0.2, 0) is 14.3 Å². The molecule has 134 valence electrons. The van der Waals surface area contributed by atoms with Gasteiger partial charge in [-0.15, -0.1) is 0 Å². The van der Waals surface area contributed by atoms with Gasteiger partial charge in [0, 0.05) is 11.8 Å². The van der Waals surface area contributed by atoms with Crippen LogP contribution in [0.25, 0.3) is 0 Å². The lowest BCUT2D eigenvalue weighted by atomic mass is 9.66. The lowest BCUT2D eigenvalue weighted by Crippen LogP contribution is -2.40. The zero-order valence-corrected chi connectivity index (χ0v) is 14.6. The van der Waals surface area contributed by atoms with Crippen molar-refractivity contribution >= 4 is 11.9 Å². The van der Waals surface area contributed by atoms with Crippen molar-refractivity contribution in [3.8, 4) is 0 Å². The molecule has 3 rings (SSSR count). The molecule has 0 saturated carbocycles. The molecule has 4 atom stereocenters. The summed E-state index contributed by atoms with van der Waals surface area (Å²) in [6.45, 7) is 1.96. The van der Waals surface area contributed by atoms with Crippen LogP contribution in [-0.4, -0.2) is 23.7 Å². The Morgan fingerprint density at radius 3 is 1.73 bits per heavy atom. The molecule has 0 amide bonds. The number of carboxylic acids is 1. The molecule has 0 bridgehead atoms. The summed E-state index contributed by atoms with van der Waals surface area (Å²) in [7, 11) is 0. The summed E-state index contributed by atoms with van der Waals surface area (Å²) < 4.78 is 5.26. The number of aliphatic carboxylic acids is 1. The average Bonchev–Trinajstić information content (AvgIpc) is 2.68. The second kappa shape index (κ2) is 8.00. The van der Waals surface area contributed by atoms with Crippen molar-refractivity contribution in [3.63, 3.8) is 0 Å². The Labute approximate surface area is 153 Å². The maximum Gasteiger partial charge on any atom is 0.310 e. The van der Waals surface area contributed by atoms with E-state index in [1.807, 2.05) is 72.8 Å². The first kappa shape index (κ1) is 17.9. The first-order valence-electron chi connectivity index (χ1n) is 8.81. The number of hydrogen-bond donors (Lipinski definition) is 1. The highest BCUT2D eigenvalue weighted by molar-refractivity contribution is 5.84. The molecule has 0 aromatic heterocycles. The van der Waals surface area contributed by atoms with Crippen molar-refractivity contribution in [2.24, 2.45) is 11.8 Å². The van der Waals surface area contributed by atoms with E-state index < -0.39 is 23.8 Å². The Morgan fingerprint density at radius 2 is 1.31 bits per heavy atom. The van der Waals surface area contributed by atoms with Gasteiger partial charge in [-0.1, -0.05) is 72.8 Å². The van der Waals surface area contributed by atoms with E-state index in [-0.39, 0.29) is 18.4 Å². The number of allylic oxidation sites excluding steroid dienone is 2. The van der Waals surface area contributed by atoms with Crippen molar-refractivity contribution in [3.05, 3.63) is 83.9 Å². The summed E-state index contributed by atoms with van der Waals surface area (Å²) in [5.41, 5.74) is 1.80. The molecule has 0 aliphatic heterocycles. The van der Waals surface area contributed by atoms with Crippen LogP contribution in [0.15, 0.2) is 72.8 Å². The molecule has 1 N–H and O–H groups in total. The molecule has 2 aromatic carbocycles. The van der Waals surface area contributed by atoms with E-state index in [9.17, 15) is 14.7 Å². The average molecular weight is 350 g/mol. The molecule has 0 fully saturated rings. The zero-order chi connectivity index (χ0) is 18.5. The third kappa shape index (κ3) is 3.54. The van der Waals surface area contributed by atoms with Gasteiger partial charge in [-0.25, -0.2) is 0 Å². The minimum atomic E-state index is -0.984. The second-order valence-electron chi connectivity index (χ2n) is 6.40. The fourth-order valence-electron chi connectivity index (χ4n) is 3.75. The van der Waals surface area contributed by atoms with Crippen LogP contribution in [0.3, 0.4) is 0 Å². The lowest BCUT2D eigenvalue weighted by Gasteiger charge is -2.36. The third-order valence-corrected chi connectivity index (χ3v) is 4.90. The van der Waals surface area contributed by atoms with Gasteiger partial charge < -0.3 is 9.84 Å². The smallest absolute Gasteiger partial charge is 0.310 e. The number of esters is 1. The summed E-state index contributed by atoms with van der Waals surface area (Å²) in [5, 5.41) is 9.98. The predicted octanol–water partition coefficient (Wildman–Crippen LogP) is 4.00. The largest absolute Gasteiger partial charge is 0.481 e. The number of carboxylic acid groups (broad SMARTS) is 1. The van der Waals surface area contributed by atoms with E-state index in [0.29, 0.717) is 0 Å². The molecule has 4 unspecified atom stereocenters. The van der Waals surface area contributed by atoms with Gasteiger partial charge in [-0.2, -0.15) is 0 Å². The van der Waals surface area contributed by atoms with Crippen molar-refractivity contribution in [1.29, 1.82) is 0 Å². The van der Waals surface area contributed by atoms with Gasteiger partial charge in [-0.05, 0) is 18.1 Å². The molecule has 4 nitrogen and oxygen atoms in total. The molecule has 1 aliphatic rings. The summed E-state index contributed by atoms with van der Waals surface area (Å²) in [4.78, 5) is 24.9. The monoisotopic (exact) mass is 350 g/mol. The maximum absolute atomic E-state index is 12.8. The van der Waals surface area contributed by atoms with E-state index in [1.165, 1.54) is 0 Å². The zero-order valence-electron chi connectivity index (χ0n) is 14.6. The van der Waals surface area contributed by atoms with E-state index in [2.05, 4.69) is 0 Å². The molecular formula is C22H22O4. The molecule has 0 spiro atoms. The molecule has 26 heavy (non-hydrogen) atoms. The Kier molecular flexibility index (Phi) is 5.52. The van der Waals surface area contributed by atoms with Crippen molar-refractivity contribution in [2.75, 3.05) is 6.61 Å². The van der Waals surface area contributed by atoms with Gasteiger partial charge in [0.2, 0.25) is 0 Å². The SMILES string of the molecule is CCOC(=O)C1C(c2ccccc2)C=CC(c2ccccc2)C1C(=O)O. The van der Waals surface area contributed by atoms with Crippen LogP contribution in [0, 0.1) is 11.8 Å². The fourth-order valence-corrected chi connectivity index (χ4v) is 3.75. The first-order valence-corrected chi connectivity index (χ1v) is 8.81. The molecule has 0 saturated heterocycles. The van der Waals surface area contributed by atoms with E-state index >= 15 is 0 Å². The van der Waals surface area contributed by atoms with Crippen LogP contribution >= 0.6 is 0 Å².